The molecule has 6 nitrogen and oxygen atoms in total. The van der Waals surface area contributed by atoms with Crippen molar-refractivity contribution < 1.29 is 27.9 Å². The first-order chi connectivity index (χ1) is 10.6. The molecule has 2 atom stereocenters. The van der Waals surface area contributed by atoms with Gasteiger partial charge in [0, 0.05) is 0 Å². The third-order valence-corrected chi connectivity index (χ3v) is 5.43. The van der Waals surface area contributed by atoms with Crippen molar-refractivity contribution in [2.24, 2.45) is 0 Å². The van der Waals surface area contributed by atoms with Gasteiger partial charge in [-0.3, -0.25) is 0 Å². The first-order valence-corrected chi connectivity index (χ1v) is 8.63. The number of nitrogens with zero attached hydrogens (tertiary/aromatic N) is 2. The molecule has 0 bridgehead atoms. The second-order valence-corrected chi connectivity index (χ2v) is 7.63. The summed E-state index contributed by atoms with van der Waals surface area (Å²) in [6.07, 6.45) is 0.462. The molecule has 0 radical (unpaired) electrons. The van der Waals surface area contributed by atoms with E-state index in [9.17, 15) is 0 Å². The second kappa shape index (κ2) is 10.5. The summed E-state index contributed by atoms with van der Waals surface area (Å²) in [6, 6.07) is 0. The fourth-order valence-corrected chi connectivity index (χ4v) is 3.71. The van der Waals surface area contributed by atoms with E-state index in [0.717, 1.165) is 87.9 Å². The van der Waals surface area contributed by atoms with Gasteiger partial charge in [-0.15, -0.1) is 48.0 Å². The van der Waals surface area contributed by atoms with Crippen molar-refractivity contribution >= 4 is 48.0 Å². The molecule has 24 heavy (non-hydrogen) atoms. The third kappa shape index (κ3) is 6.75. The van der Waals surface area contributed by atoms with Crippen molar-refractivity contribution in [1.29, 1.82) is 0 Å². The quantitative estimate of drug-likeness (QED) is 0.372. The molecule has 0 aromatic rings. The summed E-state index contributed by atoms with van der Waals surface area (Å²) in [6.45, 7) is 11.3. The van der Waals surface area contributed by atoms with Crippen LogP contribution in [0.2, 0.25) is 0 Å². The standard InChI is InChI=1S/C16H32N2O4.2HI/c1-17(3-7-19-8-4-17)11-15-13-22-16(14-21-15)12-18(2)5-9-20-10-6-18;;/h15-16H,3-14H2,1-2H3;2*1H/q+2;;. The molecular formula is C16H34I2N2O4+2. The van der Waals surface area contributed by atoms with Crippen molar-refractivity contribution in [3.05, 3.63) is 0 Å². The Morgan fingerprint density at radius 2 is 1.00 bits per heavy atom. The number of ether oxygens (including phenoxy) is 4. The number of likely N-dealkylation sites (N-methyl/N-ethyl adjacent to an activating group) is 2. The normalized spacial score (nSPS) is 32.2. The van der Waals surface area contributed by atoms with Gasteiger partial charge in [0.25, 0.3) is 0 Å². The summed E-state index contributed by atoms with van der Waals surface area (Å²) in [5.41, 5.74) is 0. The molecule has 0 saturated carbocycles. The van der Waals surface area contributed by atoms with Gasteiger partial charge in [-0.05, 0) is 0 Å². The lowest BCUT2D eigenvalue weighted by Crippen LogP contribution is -2.59. The molecule has 0 aromatic carbocycles. The largest absolute Gasteiger partial charge is 0.370 e. The van der Waals surface area contributed by atoms with E-state index in [1.54, 1.807) is 0 Å². The van der Waals surface area contributed by atoms with Crippen molar-refractivity contribution in [3.8, 4) is 0 Å². The average molecular weight is 572 g/mol. The van der Waals surface area contributed by atoms with Gasteiger partial charge in [0.15, 0.2) is 0 Å². The second-order valence-electron chi connectivity index (χ2n) is 7.63. The zero-order valence-corrected chi connectivity index (χ0v) is 19.6. The minimum atomic E-state index is 0. The van der Waals surface area contributed by atoms with Gasteiger partial charge in [0.1, 0.15) is 51.5 Å². The lowest BCUT2D eigenvalue weighted by atomic mass is 10.2. The van der Waals surface area contributed by atoms with E-state index < -0.39 is 0 Å². The van der Waals surface area contributed by atoms with Crippen molar-refractivity contribution in [2.45, 2.75) is 12.2 Å². The van der Waals surface area contributed by atoms with E-state index in [4.69, 9.17) is 18.9 Å². The predicted molar refractivity (Wildman–Crippen MR) is 114 cm³/mol. The molecule has 2 unspecified atom stereocenters. The number of quaternary nitrogens is 2. The molecule has 144 valence electrons. The summed E-state index contributed by atoms with van der Waals surface area (Å²) in [5.74, 6) is 0. The summed E-state index contributed by atoms with van der Waals surface area (Å²) in [4.78, 5) is 0. The Kier molecular flexibility index (Phi) is 10.2. The van der Waals surface area contributed by atoms with Crippen LogP contribution in [-0.2, 0) is 18.9 Å². The van der Waals surface area contributed by atoms with Crippen LogP contribution in [0.25, 0.3) is 0 Å². The molecular weight excluding hydrogens is 538 g/mol. The highest BCUT2D eigenvalue weighted by molar-refractivity contribution is 14.0. The molecule has 3 saturated heterocycles. The van der Waals surface area contributed by atoms with Gasteiger partial charge in [-0.1, -0.05) is 0 Å². The number of halogens is 2. The smallest absolute Gasteiger partial charge is 0.130 e. The Balaban J connectivity index is 0.00000144. The SMILES string of the molecule is C[N+]1(CC2COC(C[N+]3(C)CCOCC3)CO2)CCOCC1.I.I. The molecule has 0 aromatic heterocycles. The number of morpholine rings is 2. The minimum absolute atomic E-state index is 0. The number of hydrogen-bond acceptors (Lipinski definition) is 4. The minimum Gasteiger partial charge on any atom is -0.370 e. The Labute approximate surface area is 180 Å². The van der Waals surface area contributed by atoms with Gasteiger partial charge in [-0.25, -0.2) is 0 Å². The highest BCUT2D eigenvalue weighted by Gasteiger charge is 2.36. The van der Waals surface area contributed by atoms with Crippen LogP contribution in [0.5, 0.6) is 0 Å². The van der Waals surface area contributed by atoms with Gasteiger partial charge in [-0.2, -0.15) is 0 Å². The van der Waals surface area contributed by atoms with E-state index in [2.05, 4.69) is 14.1 Å². The molecule has 3 heterocycles. The molecule has 3 aliphatic rings. The number of rotatable bonds is 4. The van der Waals surface area contributed by atoms with Crippen LogP contribution in [-0.4, -0.2) is 114 Å². The number of hydrogen-bond donors (Lipinski definition) is 0. The van der Waals surface area contributed by atoms with Gasteiger partial charge >= 0.3 is 0 Å². The lowest BCUT2D eigenvalue weighted by Gasteiger charge is -2.43. The topological polar surface area (TPSA) is 36.9 Å². The van der Waals surface area contributed by atoms with Gasteiger partial charge in [0.05, 0.1) is 53.7 Å². The molecule has 0 N–H and O–H groups in total. The van der Waals surface area contributed by atoms with E-state index in [1.165, 1.54) is 0 Å². The van der Waals surface area contributed by atoms with Gasteiger partial charge < -0.3 is 27.9 Å². The van der Waals surface area contributed by atoms with Crippen LogP contribution < -0.4 is 0 Å². The van der Waals surface area contributed by atoms with E-state index in [-0.39, 0.29) is 60.2 Å². The average Bonchev–Trinajstić information content (AvgIpc) is 2.50. The molecule has 0 amide bonds. The first-order valence-electron chi connectivity index (χ1n) is 8.63. The van der Waals surface area contributed by atoms with E-state index in [0.29, 0.717) is 0 Å². The molecule has 3 rings (SSSR count). The van der Waals surface area contributed by atoms with Crippen LogP contribution in [0.4, 0.5) is 0 Å². The maximum Gasteiger partial charge on any atom is 0.130 e. The maximum atomic E-state index is 6.12. The van der Waals surface area contributed by atoms with Crippen molar-refractivity contribution in [1.82, 2.24) is 0 Å². The third-order valence-electron chi connectivity index (χ3n) is 5.43. The Bertz CT molecular complexity index is 322. The molecule has 8 heteroatoms. The highest BCUT2D eigenvalue weighted by atomic mass is 127. The zero-order chi connectivity index (χ0) is 15.5. The van der Waals surface area contributed by atoms with Crippen LogP contribution in [0.15, 0.2) is 0 Å². The summed E-state index contributed by atoms with van der Waals surface area (Å²) in [5, 5.41) is 0. The predicted octanol–water partition coefficient (Wildman–Crippen LogP) is 0.960. The summed E-state index contributed by atoms with van der Waals surface area (Å²) in [7, 11) is 4.61. The van der Waals surface area contributed by atoms with Crippen molar-refractivity contribution in [2.75, 3.05) is 93.0 Å². The Morgan fingerprint density at radius 1 is 0.667 bits per heavy atom. The van der Waals surface area contributed by atoms with E-state index in [1.807, 2.05) is 0 Å². The maximum absolute atomic E-state index is 6.12. The van der Waals surface area contributed by atoms with Crippen LogP contribution in [0.3, 0.4) is 0 Å². The molecule has 0 aliphatic carbocycles. The zero-order valence-electron chi connectivity index (χ0n) is 15.0. The first kappa shape index (κ1) is 23.3. The van der Waals surface area contributed by atoms with Crippen LogP contribution >= 0.6 is 48.0 Å². The fourth-order valence-electron chi connectivity index (χ4n) is 3.71. The monoisotopic (exact) mass is 572 g/mol. The Morgan fingerprint density at radius 3 is 1.29 bits per heavy atom. The van der Waals surface area contributed by atoms with E-state index >= 15 is 0 Å². The fraction of sp³-hybridized carbons (Fsp3) is 1.00. The molecule has 3 fully saturated rings. The van der Waals surface area contributed by atoms with Crippen LogP contribution in [0, 0.1) is 0 Å². The van der Waals surface area contributed by atoms with Gasteiger partial charge in [0.2, 0.25) is 0 Å². The molecule has 3 aliphatic heterocycles. The lowest BCUT2D eigenvalue weighted by molar-refractivity contribution is -0.922. The Hall–Kier alpha value is 1.22. The van der Waals surface area contributed by atoms with Crippen LogP contribution in [0.1, 0.15) is 0 Å². The molecule has 0 spiro atoms. The van der Waals surface area contributed by atoms with Crippen molar-refractivity contribution in [3.63, 3.8) is 0 Å². The summed E-state index contributed by atoms with van der Waals surface area (Å²) >= 11 is 0. The summed E-state index contributed by atoms with van der Waals surface area (Å²) < 4.78 is 25.3. The highest BCUT2D eigenvalue weighted by Crippen LogP contribution is 2.17.